The van der Waals surface area contributed by atoms with Crippen molar-refractivity contribution in [1.29, 1.82) is 0 Å². The zero-order valence-electron chi connectivity index (χ0n) is 11.8. The maximum Gasteiger partial charge on any atom is 0.118 e. The predicted octanol–water partition coefficient (Wildman–Crippen LogP) is 0.956. The molecule has 1 aromatic rings. The number of rotatable bonds is 2. The molecule has 4 heteroatoms. The van der Waals surface area contributed by atoms with Crippen LogP contribution in [0.2, 0.25) is 0 Å². The molecule has 2 aliphatic heterocycles. The van der Waals surface area contributed by atoms with Gasteiger partial charge in [0.25, 0.3) is 0 Å². The van der Waals surface area contributed by atoms with Gasteiger partial charge in [-0.05, 0) is 24.7 Å². The molecule has 2 unspecified atom stereocenters. The molecule has 2 heterocycles. The highest BCUT2D eigenvalue weighted by Gasteiger charge is 2.31. The molecule has 0 saturated carbocycles. The van der Waals surface area contributed by atoms with Crippen LogP contribution in [0.4, 0.5) is 0 Å². The van der Waals surface area contributed by atoms with E-state index in [1.807, 2.05) is 12.1 Å². The Balaban J connectivity index is 1.67. The van der Waals surface area contributed by atoms with E-state index in [1.54, 1.807) is 7.11 Å². The fourth-order valence-corrected chi connectivity index (χ4v) is 3.12. The minimum absolute atomic E-state index is 0.450. The zero-order valence-corrected chi connectivity index (χ0v) is 11.8. The Morgan fingerprint density at radius 2 is 1.95 bits per heavy atom. The van der Waals surface area contributed by atoms with Gasteiger partial charge in [-0.25, -0.2) is 0 Å². The number of hydrogen-bond acceptors (Lipinski definition) is 4. The lowest BCUT2D eigenvalue weighted by Gasteiger charge is -2.46. The minimum Gasteiger partial charge on any atom is -0.497 e. The number of likely N-dealkylation sites (N-methyl/N-ethyl adjacent to an activating group) is 1. The molecule has 0 amide bonds. The van der Waals surface area contributed by atoms with Gasteiger partial charge >= 0.3 is 0 Å². The monoisotopic (exact) mass is 261 g/mol. The van der Waals surface area contributed by atoms with Gasteiger partial charge in [0.05, 0.1) is 7.11 Å². The Bertz CT molecular complexity index is 420. The number of benzene rings is 1. The van der Waals surface area contributed by atoms with E-state index in [-0.39, 0.29) is 0 Å². The number of hydrogen-bond donors (Lipinski definition) is 1. The summed E-state index contributed by atoms with van der Waals surface area (Å²) in [6.07, 6.45) is 0. The van der Waals surface area contributed by atoms with Crippen LogP contribution in [0.5, 0.6) is 5.75 Å². The standard InChI is InChI=1S/C15H23N3O/c1-17-7-8-18-11-15(16-9-13(18)10-17)12-3-5-14(19-2)6-4-12/h3-6,13,15-16H,7-11H2,1-2H3. The summed E-state index contributed by atoms with van der Waals surface area (Å²) in [5, 5.41) is 3.68. The van der Waals surface area contributed by atoms with Crippen LogP contribution in [0.15, 0.2) is 24.3 Å². The van der Waals surface area contributed by atoms with Crippen molar-refractivity contribution < 1.29 is 4.74 Å². The van der Waals surface area contributed by atoms with Crippen molar-refractivity contribution in [2.24, 2.45) is 0 Å². The Labute approximate surface area is 115 Å². The van der Waals surface area contributed by atoms with Crippen molar-refractivity contribution in [2.45, 2.75) is 12.1 Å². The molecular weight excluding hydrogens is 238 g/mol. The normalized spacial score (nSPS) is 28.9. The summed E-state index contributed by atoms with van der Waals surface area (Å²) in [5.74, 6) is 0.928. The number of fused-ring (bicyclic) bond motifs is 1. The fourth-order valence-electron chi connectivity index (χ4n) is 3.12. The first kappa shape index (κ1) is 12.9. The number of methoxy groups -OCH3 is 1. The van der Waals surface area contributed by atoms with Crippen molar-refractivity contribution in [2.75, 3.05) is 46.9 Å². The minimum atomic E-state index is 0.450. The van der Waals surface area contributed by atoms with Crippen LogP contribution in [-0.2, 0) is 0 Å². The summed E-state index contributed by atoms with van der Waals surface area (Å²) in [6.45, 7) is 5.76. The predicted molar refractivity (Wildman–Crippen MR) is 76.6 cm³/mol. The third kappa shape index (κ3) is 2.76. The lowest BCUT2D eigenvalue weighted by Crippen LogP contribution is -2.61. The van der Waals surface area contributed by atoms with Crippen LogP contribution in [0.3, 0.4) is 0 Å². The van der Waals surface area contributed by atoms with Crippen LogP contribution in [0.25, 0.3) is 0 Å². The quantitative estimate of drug-likeness (QED) is 0.858. The Morgan fingerprint density at radius 3 is 2.68 bits per heavy atom. The summed E-state index contributed by atoms with van der Waals surface area (Å²) < 4.78 is 5.22. The Kier molecular flexibility index (Phi) is 3.73. The van der Waals surface area contributed by atoms with E-state index in [0.29, 0.717) is 12.1 Å². The average molecular weight is 261 g/mol. The first-order chi connectivity index (χ1) is 9.26. The van der Waals surface area contributed by atoms with E-state index >= 15 is 0 Å². The molecule has 2 saturated heterocycles. The molecule has 0 radical (unpaired) electrons. The third-order valence-corrected chi connectivity index (χ3v) is 4.34. The molecular formula is C15H23N3O. The highest BCUT2D eigenvalue weighted by atomic mass is 16.5. The van der Waals surface area contributed by atoms with Crippen LogP contribution < -0.4 is 10.1 Å². The Morgan fingerprint density at radius 1 is 1.16 bits per heavy atom. The molecule has 0 aliphatic carbocycles. The van der Waals surface area contributed by atoms with Gasteiger partial charge in [-0.1, -0.05) is 12.1 Å². The molecule has 3 rings (SSSR count). The van der Waals surface area contributed by atoms with E-state index < -0.39 is 0 Å². The molecule has 2 aliphatic rings. The first-order valence-corrected chi connectivity index (χ1v) is 7.06. The SMILES string of the molecule is COc1ccc(C2CN3CCN(C)CC3CN2)cc1. The van der Waals surface area contributed by atoms with Gasteiger partial charge in [0.15, 0.2) is 0 Å². The molecule has 19 heavy (non-hydrogen) atoms. The van der Waals surface area contributed by atoms with Crippen molar-refractivity contribution in [1.82, 2.24) is 15.1 Å². The molecule has 2 fully saturated rings. The van der Waals surface area contributed by atoms with Crippen LogP contribution in [-0.4, -0.2) is 62.7 Å². The molecule has 1 N–H and O–H groups in total. The number of piperazine rings is 2. The summed E-state index contributed by atoms with van der Waals surface area (Å²) >= 11 is 0. The molecule has 4 nitrogen and oxygen atoms in total. The van der Waals surface area contributed by atoms with Crippen molar-refractivity contribution in [3.8, 4) is 5.75 Å². The van der Waals surface area contributed by atoms with Gasteiger partial charge in [-0.2, -0.15) is 0 Å². The van der Waals surface area contributed by atoms with Crippen molar-refractivity contribution >= 4 is 0 Å². The van der Waals surface area contributed by atoms with Gasteiger partial charge in [-0.3, -0.25) is 4.90 Å². The number of nitrogens with one attached hydrogen (secondary N) is 1. The second-order valence-corrected chi connectivity index (χ2v) is 5.64. The van der Waals surface area contributed by atoms with E-state index in [1.165, 1.54) is 25.2 Å². The van der Waals surface area contributed by atoms with E-state index in [0.717, 1.165) is 18.8 Å². The van der Waals surface area contributed by atoms with Gasteiger partial charge in [0, 0.05) is 44.8 Å². The van der Waals surface area contributed by atoms with E-state index in [4.69, 9.17) is 4.74 Å². The summed E-state index contributed by atoms with van der Waals surface area (Å²) in [5.41, 5.74) is 1.36. The maximum atomic E-state index is 5.22. The highest BCUT2D eigenvalue weighted by Crippen LogP contribution is 2.23. The van der Waals surface area contributed by atoms with Crippen LogP contribution in [0.1, 0.15) is 11.6 Å². The topological polar surface area (TPSA) is 27.7 Å². The lowest BCUT2D eigenvalue weighted by atomic mass is 10.00. The fraction of sp³-hybridized carbons (Fsp3) is 0.600. The van der Waals surface area contributed by atoms with E-state index in [2.05, 4.69) is 34.3 Å². The maximum absolute atomic E-state index is 5.22. The molecule has 1 aromatic carbocycles. The van der Waals surface area contributed by atoms with Crippen LogP contribution >= 0.6 is 0 Å². The smallest absolute Gasteiger partial charge is 0.118 e. The van der Waals surface area contributed by atoms with E-state index in [9.17, 15) is 0 Å². The van der Waals surface area contributed by atoms with Crippen molar-refractivity contribution in [3.63, 3.8) is 0 Å². The molecule has 0 bridgehead atoms. The number of nitrogens with zero attached hydrogens (tertiary/aromatic N) is 2. The van der Waals surface area contributed by atoms with Gasteiger partial charge in [0.2, 0.25) is 0 Å². The van der Waals surface area contributed by atoms with Gasteiger partial charge < -0.3 is 15.0 Å². The summed E-state index contributed by atoms with van der Waals surface area (Å²) in [6, 6.07) is 9.57. The largest absolute Gasteiger partial charge is 0.497 e. The lowest BCUT2D eigenvalue weighted by molar-refractivity contribution is 0.0538. The molecule has 0 spiro atoms. The summed E-state index contributed by atoms with van der Waals surface area (Å²) in [7, 11) is 3.93. The summed E-state index contributed by atoms with van der Waals surface area (Å²) in [4.78, 5) is 5.06. The highest BCUT2D eigenvalue weighted by molar-refractivity contribution is 5.29. The Hall–Kier alpha value is -1.10. The molecule has 2 atom stereocenters. The average Bonchev–Trinajstić information content (AvgIpc) is 2.47. The second-order valence-electron chi connectivity index (χ2n) is 5.64. The third-order valence-electron chi connectivity index (χ3n) is 4.34. The number of ether oxygens (including phenoxy) is 1. The van der Waals surface area contributed by atoms with Crippen LogP contribution in [0, 0.1) is 0 Å². The zero-order chi connectivity index (χ0) is 13.2. The molecule has 104 valence electrons. The van der Waals surface area contributed by atoms with Gasteiger partial charge in [0.1, 0.15) is 5.75 Å². The molecule has 0 aromatic heterocycles. The first-order valence-electron chi connectivity index (χ1n) is 7.06. The van der Waals surface area contributed by atoms with Gasteiger partial charge in [-0.15, -0.1) is 0 Å². The van der Waals surface area contributed by atoms with Crippen molar-refractivity contribution in [3.05, 3.63) is 29.8 Å². The second kappa shape index (κ2) is 5.49.